The molecule has 0 saturated heterocycles. The van der Waals surface area contributed by atoms with Crippen molar-refractivity contribution in [2.24, 2.45) is 28.6 Å². The summed E-state index contributed by atoms with van der Waals surface area (Å²) in [6, 6.07) is 0. The van der Waals surface area contributed by atoms with Gasteiger partial charge in [-0.2, -0.15) is 0 Å². The molecule has 3 fully saturated rings. The van der Waals surface area contributed by atoms with Crippen LogP contribution in [-0.2, 0) is 9.59 Å². The summed E-state index contributed by atoms with van der Waals surface area (Å²) in [5.41, 5.74) is -1.11. The van der Waals surface area contributed by atoms with Crippen LogP contribution in [0, 0.1) is 28.6 Å². The largest absolute Gasteiger partial charge is 0.393 e. The number of thioether (sulfide) groups is 1. The van der Waals surface area contributed by atoms with Crippen molar-refractivity contribution in [1.29, 1.82) is 0 Å². The molecule has 4 rings (SSSR count). The summed E-state index contributed by atoms with van der Waals surface area (Å²) in [5.74, 6) is 1.21. The minimum absolute atomic E-state index is 0.0356. The third-order valence-electron chi connectivity index (χ3n) is 8.26. The molecule has 27 heavy (non-hydrogen) atoms. The van der Waals surface area contributed by atoms with Crippen molar-refractivity contribution in [3.05, 3.63) is 23.8 Å². The van der Waals surface area contributed by atoms with E-state index in [1.54, 1.807) is 12.2 Å². The Morgan fingerprint density at radius 1 is 1.33 bits per heavy atom. The normalized spacial score (nSPS) is 48.5. The number of allylic oxidation sites excluding steroid dienone is 4. The number of hydrogen-bond donors (Lipinski definition) is 2. The number of fused-ring (bicyclic) bond motifs is 5. The lowest BCUT2D eigenvalue weighted by molar-refractivity contribution is -0.170. The highest BCUT2D eigenvalue weighted by atomic mass is 32.2. The average molecular weight is 391 g/mol. The van der Waals surface area contributed by atoms with Crippen LogP contribution in [-0.4, -0.2) is 38.6 Å². The van der Waals surface area contributed by atoms with Gasteiger partial charge in [0.2, 0.25) is 5.12 Å². The number of aliphatic hydroxyl groups is 2. The highest BCUT2D eigenvalue weighted by Crippen LogP contribution is 2.67. The second-order valence-corrected chi connectivity index (χ2v) is 10.6. The van der Waals surface area contributed by atoms with Crippen LogP contribution in [0.5, 0.6) is 0 Å². The van der Waals surface area contributed by atoms with Crippen molar-refractivity contribution in [2.75, 3.05) is 5.75 Å². The molecule has 0 bridgehead atoms. The summed E-state index contributed by atoms with van der Waals surface area (Å²) in [6.45, 7) is 6.09. The zero-order chi connectivity index (χ0) is 19.6. The monoisotopic (exact) mass is 390 g/mol. The molecule has 2 unspecified atom stereocenters. The van der Waals surface area contributed by atoms with Gasteiger partial charge >= 0.3 is 0 Å². The summed E-state index contributed by atoms with van der Waals surface area (Å²) in [5, 5.41) is 22.6. The molecule has 0 aromatic heterocycles. The minimum Gasteiger partial charge on any atom is -0.393 e. The van der Waals surface area contributed by atoms with E-state index in [2.05, 4.69) is 6.92 Å². The van der Waals surface area contributed by atoms with Gasteiger partial charge in [0, 0.05) is 16.7 Å². The summed E-state index contributed by atoms with van der Waals surface area (Å²) >= 11 is 1.20. The Morgan fingerprint density at radius 3 is 2.78 bits per heavy atom. The van der Waals surface area contributed by atoms with Gasteiger partial charge in [-0.1, -0.05) is 44.2 Å². The van der Waals surface area contributed by atoms with Crippen LogP contribution in [0.15, 0.2) is 23.8 Å². The Bertz CT molecular complexity index is 743. The first-order chi connectivity index (χ1) is 12.7. The fourth-order valence-corrected chi connectivity index (χ4v) is 7.75. The van der Waals surface area contributed by atoms with Gasteiger partial charge in [0.05, 0.1) is 6.10 Å². The van der Waals surface area contributed by atoms with E-state index in [9.17, 15) is 19.8 Å². The van der Waals surface area contributed by atoms with Gasteiger partial charge in [-0.15, -0.1) is 0 Å². The zero-order valence-corrected chi connectivity index (χ0v) is 17.2. The van der Waals surface area contributed by atoms with Crippen LogP contribution < -0.4 is 0 Å². The molecule has 0 aliphatic heterocycles. The maximum atomic E-state index is 12.8. The molecule has 0 aromatic carbocycles. The maximum absolute atomic E-state index is 12.8. The highest BCUT2D eigenvalue weighted by Gasteiger charge is 2.68. The number of rotatable bonds is 2. The lowest BCUT2D eigenvalue weighted by atomic mass is 9.46. The summed E-state index contributed by atoms with van der Waals surface area (Å²) in [4.78, 5) is 24.7. The van der Waals surface area contributed by atoms with Crippen molar-refractivity contribution < 1.29 is 19.8 Å². The quantitative estimate of drug-likeness (QED) is 0.757. The molecule has 3 saturated carbocycles. The molecule has 0 spiro atoms. The second kappa shape index (κ2) is 6.30. The van der Waals surface area contributed by atoms with E-state index in [-0.39, 0.29) is 34.1 Å². The van der Waals surface area contributed by atoms with E-state index >= 15 is 0 Å². The maximum Gasteiger partial charge on any atom is 0.221 e. The van der Waals surface area contributed by atoms with Crippen LogP contribution in [0.25, 0.3) is 0 Å². The van der Waals surface area contributed by atoms with Crippen LogP contribution in [0.1, 0.15) is 52.9 Å². The summed E-state index contributed by atoms with van der Waals surface area (Å²) < 4.78 is 0. The highest BCUT2D eigenvalue weighted by molar-refractivity contribution is 8.13. The number of aliphatic hydroxyl groups excluding tert-OH is 1. The Balaban J connectivity index is 1.72. The molecule has 0 heterocycles. The first kappa shape index (κ1) is 19.4. The van der Waals surface area contributed by atoms with Gasteiger partial charge in [-0.3, -0.25) is 9.59 Å². The van der Waals surface area contributed by atoms with E-state index in [1.165, 1.54) is 11.8 Å². The fraction of sp³-hybridized carbons (Fsp3) is 0.727. The first-order valence-electron chi connectivity index (χ1n) is 10.2. The fourth-order valence-electron chi connectivity index (χ4n) is 6.92. The molecule has 148 valence electrons. The van der Waals surface area contributed by atoms with Gasteiger partial charge in [0.1, 0.15) is 5.60 Å². The van der Waals surface area contributed by atoms with Gasteiger partial charge in [0.15, 0.2) is 5.78 Å². The third kappa shape index (κ3) is 2.50. The van der Waals surface area contributed by atoms with Crippen LogP contribution in [0.4, 0.5) is 0 Å². The van der Waals surface area contributed by atoms with E-state index < -0.39 is 17.1 Å². The van der Waals surface area contributed by atoms with E-state index in [0.29, 0.717) is 18.6 Å². The molecule has 4 aliphatic carbocycles. The lowest BCUT2D eigenvalue weighted by Crippen LogP contribution is -2.61. The second-order valence-electron chi connectivity index (χ2n) is 9.33. The van der Waals surface area contributed by atoms with Gasteiger partial charge in [-0.05, 0) is 61.8 Å². The SMILES string of the molecule is CCSC(=O)[C@@]1(O)CCC2[C@@H]3CCC4=CC(=O)C=C[C@]4(C)C3[C@@H](O)C[C@@]21C. The molecule has 0 amide bonds. The number of carbonyl (C=O) groups is 2. The molecule has 0 radical (unpaired) electrons. The van der Waals surface area contributed by atoms with Crippen molar-refractivity contribution in [1.82, 2.24) is 0 Å². The van der Waals surface area contributed by atoms with Crippen LogP contribution in [0.3, 0.4) is 0 Å². The Kier molecular flexibility index (Phi) is 4.53. The van der Waals surface area contributed by atoms with Gasteiger partial charge in [0.25, 0.3) is 0 Å². The Labute approximate surface area is 165 Å². The number of ketones is 1. The molecular formula is C22H30O4S. The molecular weight excluding hydrogens is 360 g/mol. The van der Waals surface area contributed by atoms with Crippen molar-refractivity contribution in [2.45, 2.75) is 64.6 Å². The third-order valence-corrected chi connectivity index (χ3v) is 9.15. The van der Waals surface area contributed by atoms with E-state index in [1.807, 2.05) is 19.9 Å². The molecule has 7 atom stereocenters. The van der Waals surface area contributed by atoms with Crippen LogP contribution >= 0.6 is 11.8 Å². The Hall–Kier alpha value is -0.910. The van der Waals surface area contributed by atoms with Crippen molar-refractivity contribution >= 4 is 22.7 Å². The summed E-state index contributed by atoms with van der Waals surface area (Å²) in [7, 11) is 0. The number of carbonyl (C=O) groups excluding carboxylic acids is 2. The molecule has 4 aliphatic rings. The molecule has 4 nitrogen and oxygen atoms in total. The first-order valence-corrected chi connectivity index (χ1v) is 11.2. The molecule has 0 aromatic rings. The smallest absolute Gasteiger partial charge is 0.221 e. The van der Waals surface area contributed by atoms with Gasteiger partial charge in [-0.25, -0.2) is 0 Å². The molecule has 5 heteroatoms. The predicted molar refractivity (Wildman–Crippen MR) is 106 cm³/mol. The van der Waals surface area contributed by atoms with Gasteiger partial charge < -0.3 is 10.2 Å². The standard InChI is InChI=1S/C22H30O4S/c1-4-27-19(25)22(26)10-8-16-15-6-5-13-11-14(23)7-9-20(13,2)18(15)17(24)12-21(16,22)3/h7,9,11,15-18,24,26H,4-6,8,10,12H2,1-3H3/t15-,16?,17-,18?,20-,21-,22-/m0/s1. The predicted octanol–water partition coefficient (Wildman–Crippen LogP) is 3.28. The topological polar surface area (TPSA) is 74.6 Å². The Morgan fingerprint density at radius 2 is 2.07 bits per heavy atom. The van der Waals surface area contributed by atoms with Crippen molar-refractivity contribution in [3.8, 4) is 0 Å². The average Bonchev–Trinajstić information content (AvgIpc) is 2.87. The number of hydrogen-bond acceptors (Lipinski definition) is 5. The zero-order valence-electron chi connectivity index (χ0n) is 16.4. The van der Waals surface area contributed by atoms with Crippen LogP contribution in [0.2, 0.25) is 0 Å². The summed E-state index contributed by atoms with van der Waals surface area (Å²) in [6.07, 6.45) is 8.31. The molecule has 2 N–H and O–H groups in total. The minimum atomic E-state index is -1.35. The lowest BCUT2D eigenvalue weighted by Gasteiger charge is -2.59. The van der Waals surface area contributed by atoms with E-state index in [4.69, 9.17) is 0 Å². The van der Waals surface area contributed by atoms with Crippen molar-refractivity contribution in [3.63, 3.8) is 0 Å². The van der Waals surface area contributed by atoms with E-state index in [0.717, 1.165) is 24.8 Å².